The van der Waals surface area contributed by atoms with Gasteiger partial charge in [0.1, 0.15) is 0 Å². The van der Waals surface area contributed by atoms with Gasteiger partial charge in [0.15, 0.2) is 0 Å². The Hall–Kier alpha value is -1.55. The minimum Gasteiger partial charge on any atom is -0.478 e. The highest BCUT2D eigenvalue weighted by atomic mass is 16.4. The Morgan fingerprint density at radius 3 is 3.00 bits per heavy atom. The van der Waals surface area contributed by atoms with E-state index < -0.39 is 5.97 Å². The molecule has 0 fully saturated rings. The van der Waals surface area contributed by atoms with E-state index in [1.807, 2.05) is 12.1 Å². The van der Waals surface area contributed by atoms with E-state index in [9.17, 15) is 4.79 Å². The number of carboxylic acid groups (broad SMARTS) is 1. The molecule has 92 valence electrons. The molecule has 2 N–H and O–H groups in total. The number of hydrazine groups is 1. The van der Waals surface area contributed by atoms with Crippen LogP contribution >= 0.6 is 0 Å². The highest BCUT2D eigenvalue weighted by Crippen LogP contribution is 2.28. The van der Waals surface area contributed by atoms with Crippen LogP contribution in [0.5, 0.6) is 0 Å². The summed E-state index contributed by atoms with van der Waals surface area (Å²) in [4.78, 5) is 11.1. The van der Waals surface area contributed by atoms with Gasteiger partial charge in [-0.05, 0) is 18.6 Å². The molecule has 0 saturated heterocycles. The lowest BCUT2D eigenvalue weighted by Crippen LogP contribution is -2.32. The molecule has 17 heavy (non-hydrogen) atoms. The number of nitrogens with zero attached hydrogens (tertiary/aromatic N) is 1. The molecule has 1 heterocycles. The molecule has 4 nitrogen and oxygen atoms in total. The number of carbonyl (C=O) groups is 1. The molecule has 1 aliphatic rings. The van der Waals surface area contributed by atoms with Crippen molar-refractivity contribution in [3.8, 4) is 0 Å². The maximum Gasteiger partial charge on any atom is 0.336 e. The van der Waals surface area contributed by atoms with Gasteiger partial charge in [0, 0.05) is 18.7 Å². The van der Waals surface area contributed by atoms with Crippen LogP contribution in [-0.4, -0.2) is 17.6 Å². The second-order valence-electron chi connectivity index (χ2n) is 4.30. The molecule has 1 aromatic rings. The fourth-order valence-electron chi connectivity index (χ4n) is 2.19. The predicted octanol–water partition coefficient (Wildman–Crippen LogP) is 2.40. The lowest BCUT2D eigenvalue weighted by Gasteiger charge is -2.19. The monoisotopic (exact) mass is 234 g/mol. The second kappa shape index (κ2) is 5.19. The van der Waals surface area contributed by atoms with Crippen molar-refractivity contribution in [1.29, 1.82) is 0 Å². The number of unbranched alkanes of at least 4 members (excludes halogenated alkanes) is 2. The fourth-order valence-corrected chi connectivity index (χ4v) is 2.19. The van der Waals surface area contributed by atoms with Gasteiger partial charge < -0.3 is 10.1 Å². The number of fused-ring (bicyclic) bond motifs is 1. The average molecular weight is 234 g/mol. The van der Waals surface area contributed by atoms with Crippen LogP contribution in [0.3, 0.4) is 0 Å². The zero-order valence-electron chi connectivity index (χ0n) is 10.1. The van der Waals surface area contributed by atoms with Crippen LogP contribution < -0.4 is 10.4 Å². The van der Waals surface area contributed by atoms with Crippen molar-refractivity contribution >= 4 is 11.7 Å². The van der Waals surface area contributed by atoms with Gasteiger partial charge in [-0.15, -0.1) is 0 Å². The van der Waals surface area contributed by atoms with Crippen LogP contribution in [-0.2, 0) is 6.54 Å². The van der Waals surface area contributed by atoms with Crippen molar-refractivity contribution in [2.75, 3.05) is 11.6 Å². The number of aromatic carboxylic acids is 1. The molecule has 0 unspecified atom stereocenters. The summed E-state index contributed by atoms with van der Waals surface area (Å²) in [5, 5.41) is 11.2. The average Bonchev–Trinajstić information content (AvgIpc) is 2.72. The summed E-state index contributed by atoms with van der Waals surface area (Å²) in [6.07, 6.45) is 3.52. The third kappa shape index (κ3) is 2.42. The third-order valence-corrected chi connectivity index (χ3v) is 3.10. The molecule has 0 saturated carbocycles. The zero-order valence-corrected chi connectivity index (χ0v) is 10.1. The lowest BCUT2D eigenvalue weighted by atomic mass is 10.1. The molecular formula is C13H18N2O2. The van der Waals surface area contributed by atoms with Gasteiger partial charge in [-0.3, -0.25) is 0 Å². The largest absolute Gasteiger partial charge is 0.478 e. The summed E-state index contributed by atoms with van der Waals surface area (Å²) in [6, 6.07) is 5.45. The summed E-state index contributed by atoms with van der Waals surface area (Å²) in [5.41, 5.74) is 5.57. The molecule has 0 aliphatic carbocycles. The van der Waals surface area contributed by atoms with Crippen molar-refractivity contribution in [2.24, 2.45) is 0 Å². The van der Waals surface area contributed by atoms with E-state index in [1.54, 1.807) is 6.07 Å². The number of rotatable bonds is 5. The molecule has 0 spiro atoms. The maximum absolute atomic E-state index is 11.1. The van der Waals surface area contributed by atoms with E-state index in [2.05, 4.69) is 17.4 Å². The van der Waals surface area contributed by atoms with Gasteiger partial charge in [0.2, 0.25) is 0 Å². The van der Waals surface area contributed by atoms with Gasteiger partial charge in [-0.1, -0.05) is 25.8 Å². The summed E-state index contributed by atoms with van der Waals surface area (Å²) < 4.78 is 0. The Kier molecular flexibility index (Phi) is 3.64. The number of anilines is 1. The Morgan fingerprint density at radius 2 is 2.29 bits per heavy atom. The number of hydrogen-bond donors (Lipinski definition) is 2. The van der Waals surface area contributed by atoms with Gasteiger partial charge in [-0.25, -0.2) is 10.2 Å². The van der Waals surface area contributed by atoms with Crippen LogP contribution in [0.2, 0.25) is 0 Å². The van der Waals surface area contributed by atoms with E-state index in [0.717, 1.165) is 24.2 Å². The van der Waals surface area contributed by atoms with E-state index >= 15 is 0 Å². The second-order valence-corrected chi connectivity index (χ2v) is 4.30. The normalized spacial score (nSPS) is 13.8. The molecule has 0 bridgehead atoms. The first-order valence-electron chi connectivity index (χ1n) is 6.10. The van der Waals surface area contributed by atoms with Crippen LogP contribution in [0, 0.1) is 0 Å². The van der Waals surface area contributed by atoms with E-state index in [1.165, 1.54) is 12.8 Å². The maximum atomic E-state index is 11.1. The Labute approximate surface area is 101 Å². The molecule has 2 rings (SSSR count). The van der Waals surface area contributed by atoms with Crippen LogP contribution in [0.1, 0.15) is 42.1 Å². The molecule has 1 aromatic carbocycles. The van der Waals surface area contributed by atoms with Gasteiger partial charge >= 0.3 is 5.97 Å². The fraction of sp³-hybridized carbons (Fsp3) is 0.462. The van der Waals surface area contributed by atoms with E-state index in [-0.39, 0.29) is 0 Å². The molecular weight excluding hydrogens is 216 g/mol. The van der Waals surface area contributed by atoms with E-state index in [4.69, 9.17) is 5.11 Å². The highest BCUT2D eigenvalue weighted by Gasteiger charge is 2.23. The van der Waals surface area contributed by atoms with Crippen molar-refractivity contribution in [1.82, 2.24) is 5.43 Å². The third-order valence-electron chi connectivity index (χ3n) is 3.10. The van der Waals surface area contributed by atoms with Crippen LogP contribution in [0.15, 0.2) is 18.2 Å². The topological polar surface area (TPSA) is 52.6 Å². The first-order valence-corrected chi connectivity index (χ1v) is 6.10. The van der Waals surface area contributed by atoms with Crippen molar-refractivity contribution in [3.05, 3.63) is 29.3 Å². The minimum atomic E-state index is -0.848. The summed E-state index contributed by atoms with van der Waals surface area (Å²) in [6.45, 7) is 3.72. The molecule has 0 atom stereocenters. The number of hydrogen-bond acceptors (Lipinski definition) is 3. The van der Waals surface area contributed by atoms with Crippen molar-refractivity contribution in [2.45, 2.75) is 32.7 Å². The predicted molar refractivity (Wildman–Crippen MR) is 67.1 cm³/mol. The summed E-state index contributed by atoms with van der Waals surface area (Å²) in [5.74, 6) is -0.848. The first kappa shape index (κ1) is 11.9. The van der Waals surface area contributed by atoms with Crippen LogP contribution in [0.25, 0.3) is 0 Å². The Bertz CT molecular complexity index is 418. The molecule has 0 aromatic heterocycles. The summed E-state index contributed by atoms with van der Waals surface area (Å²) >= 11 is 0. The molecule has 4 heteroatoms. The highest BCUT2D eigenvalue weighted by molar-refractivity contribution is 5.91. The van der Waals surface area contributed by atoms with E-state index in [0.29, 0.717) is 12.1 Å². The Morgan fingerprint density at radius 1 is 1.47 bits per heavy atom. The number of nitrogens with one attached hydrogen (secondary N) is 1. The number of carboxylic acids is 1. The van der Waals surface area contributed by atoms with Crippen LogP contribution in [0.4, 0.5) is 5.69 Å². The number of benzene rings is 1. The smallest absolute Gasteiger partial charge is 0.336 e. The van der Waals surface area contributed by atoms with Gasteiger partial charge in [-0.2, -0.15) is 0 Å². The molecule has 0 radical (unpaired) electrons. The zero-order chi connectivity index (χ0) is 12.3. The molecule has 0 amide bonds. The van der Waals surface area contributed by atoms with Gasteiger partial charge in [0.05, 0.1) is 11.3 Å². The summed E-state index contributed by atoms with van der Waals surface area (Å²) in [7, 11) is 0. The van der Waals surface area contributed by atoms with Gasteiger partial charge in [0.25, 0.3) is 0 Å². The Balaban J connectivity index is 2.15. The standard InChI is InChI=1S/C13H18N2O2/c1-2-3-4-8-15-12-7-5-6-10(13(16)17)11(12)9-14-15/h5-7,14H,2-4,8-9H2,1H3,(H,16,17). The van der Waals surface area contributed by atoms with Crippen molar-refractivity contribution in [3.63, 3.8) is 0 Å². The molecule has 1 aliphatic heterocycles. The quantitative estimate of drug-likeness (QED) is 0.768. The minimum absolute atomic E-state index is 0.410. The van der Waals surface area contributed by atoms with Crippen molar-refractivity contribution < 1.29 is 9.90 Å². The SMILES string of the molecule is CCCCCN1NCc2c(C(=O)O)cccc21. The lowest BCUT2D eigenvalue weighted by molar-refractivity contribution is 0.0696. The first-order chi connectivity index (χ1) is 8.24.